The minimum atomic E-state index is -0.0879. The van der Waals surface area contributed by atoms with Gasteiger partial charge in [0.25, 0.3) is 5.91 Å². The number of piperazine rings is 1. The second kappa shape index (κ2) is 8.04. The van der Waals surface area contributed by atoms with Gasteiger partial charge in [-0.25, -0.2) is 4.98 Å². The Kier molecular flexibility index (Phi) is 5.14. The van der Waals surface area contributed by atoms with E-state index in [1.807, 2.05) is 54.3 Å². The van der Waals surface area contributed by atoms with Crippen molar-refractivity contribution in [2.24, 2.45) is 0 Å². The van der Waals surface area contributed by atoms with Gasteiger partial charge in [-0.1, -0.05) is 23.8 Å². The number of nitrogens with one attached hydrogen (secondary N) is 1. The zero-order chi connectivity index (χ0) is 19.3. The molecule has 1 aromatic carbocycles. The van der Waals surface area contributed by atoms with E-state index in [0.717, 1.165) is 24.6 Å². The molecule has 0 spiro atoms. The van der Waals surface area contributed by atoms with Crippen LogP contribution in [0.15, 0.2) is 60.8 Å². The fraction of sp³-hybridized carbons (Fsp3) is 0.238. The highest BCUT2D eigenvalue weighted by Gasteiger charge is 2.23. The zero-order valence-electron chi connectivity index (χ0n) is 15.7. The molecular weight excluding hydrogens is 352 g/mol. The standard InChI is InChI=1S/C21H22N6O/c1-16-5-7-17(8-6-16)23-19-10-9-18(24-25-19)21(28)27-14-12-26(13-15-27)20-4-2-3-11-22-20/h2-11H,12-15H2,1H3,(H,23,25). The van der Waals surface area contributed by atoms with Gasteiger partial charge in [0.05, 0.1) is 0 Å². The van der Waals surface area contributed by atoms with Gasteiger partial charge in [0.1, 0.15) is 5.82 Å². The van der Waals surface area contributed by atoms with E-state index >= 15 is 0 Å². The number of benzene rings is 1. The molecule has 2 aromatic heterocycles. The quantitative estimate of drug-likeness (QED) is 0.757. The number of pyridine rings is 1. The van der Waals surface area contributed by atoms with E-state index in [2.05, 4.69) is 25.4 Å². The molecule has 0 radical (unpaired) electrons. The van der Waals surface area contributed by atoms with Crippen molar-refractivity contribution in [1.29, 1.82) is 0 Å². The Labute approximate surface area is 164 Å². The minimum absolute atomic E-state index is 0.0879. The summed E-state index contributed by atoms with van der Waals surface area (Å²) in [4.78, 5) is 21.1. The second-order valence-electron chi connectivity index (χ2n) is 6.76. The summed E-state index contributed by atoms with van der Waals surface area (Å²) in [5, 5.41) is 11.4. The predicted octanol–water partition coefficient (Wildman–Crippen LogP) is 2.89. The monoisotopic (exact) mass is 374 g/mol. The molecular formula is C21H22N6O. The van der Waals surface area contributed by atoms with Crippen LogP contribution in [0.2, 0.25) is 0 Å². The summed E-state index contributed by atoms with van der Waals surface area (Å²) < 4.78 is 0. The first-order valence-corrected chi connectivity index (χ1v) is 9.32. The molecule has 0 unspecified atom stereocenters. The van der Waals surface area contributed by atoms with Crippen molar-refractivity contribution in [3.05, 3.63) is 72.1 Å². The van der Waals surface area contributed by atoms with Crippen LogP contribution in [0.5, 0.6) is 0 Å². The molecule has 1 aliphatic rings. The maximum atomic E-state index is 12.7. The lowest BCUT2D eigenvalue weighted by Gasteiger charge is -2.35. The number of carbonyl (C=O) groups excluding carboxylic acids is 1. The second-order valence-corrected chi connectivity index (χ2v) is 6.76. The molecule has 3 aromatic rings. The molecule has 7 nitrogen and oxygen atoms in total. The SMILES string of the molecule is Cc1ccc(Nc2ccc(C(=O)N3CCN(c4ccccn4)CC3)nn2)cc1. The van der Waals surface area contributed by atoms with Crippen molar-refractivity contribution in [3.63, 3.8) is 0 Å². The summed E-state index contributed by atoms with van der Waals surface area (Å²) in [6.07, 6.45) is 1.79. The van der Waals surface area contributed by atoms with Gasteiger partial charge in [0.15, 0.2) is 11.5 Å². The van der Waals surface area contributed by atoms with Crippen molar-refractivity contribution < 1.29 is 4.79 Å². The number of aryl methyl sites for hydroxylation is 1. The van der Waals surface area contributed by atoms with E-state index in [1.54, 1.807) is 18.3 Å². The van der Waals surface area contributed by atoms with Gasteiger partial charge in [0.2, 0.25) is 0 Å². The van der Waals surface area contributed by atoms with Crippen molar-refractivity contribution in [1.82, 2.24) is 20.1 Å². The van der Waals surface area contributed by atoms with Crippen molar-refractivity contribution in [2.75, 3.05) is 36.4 Å². The summed E-state index contributed by atoms with van der Waals surface area (Å²) in [7, 11) is 0. The molecule has 1 N–H and O–H groups in total. The molecule has 1 aliphatic heterocycles. The van der Waals surface area contributed by atoms with Crippen LogP contribution < -0.4 is 10.2 Å². The van der Waals surface area contributed by atoms with E-state index in [0.29, 0.717) is 24.6 Å². The Morgan fingerprint density at radius 3 is 2.36 bits per heavy atom. The van der Waals surface area contributed by atoms with Crippen LogP contribution in [0, 0.1) is 6.92 Å². The van der Waals surface area contributed by atoms with E-state index in [9.17, 15) is 4.79 Å². The van der Waals surface area contributed by atoms with Gasteiger partial charge in [-0.3, -0.25) is 4.79 Å². The molecule has 7 heteroatoms. The Morgan fingerprint density at radius 2 is 1.71 bits per heavy atom. The van der Waals surface area contributed by atoms with Crippen LogP contribution >= 0.6 is 0 Å². The molecule has 1 saturated heterocycles. The van der Waals surface area contributed by atoms with E-state index in [-0.39, 0.29) is 5.91 Å². The molecule has 1 amide bonds. The molecule has 28 heavy (non-hydrogen) atoms. The molecule has 142 valence electrons. The van der Waals surface area contributed by atoms with Crippen molar-refractivity contribution in [2.45, 2.75) is 6.92 Å². The van der Waals surface area contributed by atoms with E-state index in [4.69, 9.17) is 0 Å². The Balaban J connectivity index is 1.35. The highest BCUT2D eigenvalue weighted by Crippen LogP contribution is 2.16. The van der Waals surface area contributed by atoms with Gasteiger partial charge in [-0.2, -0.15) is 0 Å². The molecule has 4 rings (SSSR count). The normalized spacial score (nSPS) is 14.0. The number of amides is 1. The van der Waals surface area contributed by atoms with Crippen LogP contribution in [0.4, 0.5) is 17.3 Å². The first-order chi connectivity index (χ1) is 13.7. The van der Waals surface area contributed by atoms with Crippen LogP contribution in [0.1, 0.15) is 16.1 Å². The lowest BCUT2D eigenvalue weighted by molar-refractivity contribution is 0.0739. The molecule has 3 heterocycles. The molecule has 0 saturated carbocycles. The molecule has 0 bridgehead atoms. The number of rotatable bonds is 4. The van der Waals surface area contributed by atoms with Gasteiger partial charge in [-0.05, 0) is 43.3 Å². The Bertz CT molecular complexity index is 919. The summed E-state index contributed by atoms with van der Waals surface area (Å²) in [5.74, 6) is 1.47. The number of carbonyl (C=O) groups is 1. The number of aromatic nitrogens is 3. The van der Waals surface area contributed by atoms with Crippen LogP contribution in [0.25, 0.3) is 0 Å². The van der Waals surface area contributed by atoms with Crippen molar-refractivity contribution >= 4 is 23.2 Å². The molecule has 0 aliphatic carbocycles. The number of nitrogens with zero attached hydrogens (tertiary/aromatic N) is 5. The topological polar surface area (TPSA) is 74.2 Å². The van der Waals surface area contributed by atoms with Crippen LogP contribution in [-0.4, -0.2) is 52.2 Å². The maximum Gasteiger partial charge on any atom is 0.274 e. The van der Waals surface area contributed by atoms with Crippen molar-refractivity contribution in [3.8, 4) is 0 Å². The van der Waals surface area contributed by atoms with Gasteiger partial charge >= 0.3 is 0 Å². The predicted molar refractivity (Wildman–Crippen MR) is 109 cm³/mol. The van der Waals surface area contributed by atoms with Crippen LogP contribution in [0.3, 0.4) is 0 Å². The first-order valence-electron chi connectivity index (χ1n) is 9.32. The summed E-state index contributed by atoms with van der Waals surface area (Å²) in [6, 6.07) is 17.4. The third-order valence-electron chi connectivity index (χ3n) is 4.75. The lowest BCUT2D eigenvalue weighted by Crippen LogP contribution is -2.49. The summed E-state index contributed by atoms with van der Waals surface area (Å²) in [5.41, 5.74) is 2.49. The van der Waals surface area contributed by atoms with E-state index < -0.39 is 0 Å². The zero-order valence-corrected chi connectivity index (χ0v) is 15.7. The molecule has 0 atom stereocenters. The molecule has 1 fully saturated rings. The smallest absolute Gasteiger partial charge is 0.274 e. The average Bonchev–Trinajstić information content (AvgIpc) is 2.76. The fourth-order valence-electron chi connectivity index (χ4n) is 3.14. The number of hydrogen-bond acceptors (Lipinski definition) is 6. The lowest BCUT2D eigenvalue weighted by atomic mass is 10.2. The summed E-state index contributed by atoms with van der Waals surface area (Å²) >= 11 is 0. The summed E-state index contributed by atoms with van der Waals surface area (Å²) in [6.45, 7) is 4.83. The first kappa shape index (κ1) is 17.9. The maximum absolute atomic E-state index is 12.7. The van der Waals surface area contributed by atoms with Crippen LogP contribution in [-0.2, 0) is 0 Å². The third-order valence-corrected chi connectivity index (χ3v) is 4.75. The average molecular weight is 374 g/mol. The largest absolute Gasteiger partial charge is 0.353 e. The van der Waals surface area contributed by atoms with Gasteiger partial charge < -0.3 is 15.1 Å². The number of hydrogen-bond donors (Lipinski definition) is 1. The number of anilines is 3. The Morgan fingerprint density at radius 1 is 0.929 bits per heavy atom. The van der Waals surface area contributed by atoms with Gasteiger partial charge in [-0.15, -0.1) is 10.2 Å². The van der Waals surface area contributed by atoms with E-state index in [1.165, 1.54) is 5.56 Å². The fourth-order valence-corrected chi connectivity index (χ4v) is 3.14. The van der Waals surface area contributed by atoms with Gasteiger partial charge in [0, 0.05) is 38.1 Å². The highest BCUT2D eigenvalue weighted by molar-refractivity contribution is 5.92. The highest BCUT2D eigenvalue weighted by atomic mass is 16.2. The third kappa shape index (κ3) is 4.09. The minimum Gasteiger partial charge on any atom is -0.353 e. The Hall–Kier alpha value is -3.48.